The van der Waals surface area contributed by atoms with Gasteiger partial charge in [-0.1, -0.05) is 12.1 Å². The SMILES string of the molecule is NC1=CC=CN(c2ccccc2[N+](=O)[O-])C1C(F)(F)F. The molecule has 0 radical (unpaired) electrons. The van der Waals surface area contributed by atoms with Gasteiger partial charge >= 0.3 is 6.18 Å². The standard InChI is InChI=1S/C12H10F3N3O2/c13-12(14,15)11-8(16)4-3-7-17(11)9-5-1-2-6-10(9)18(19)20/h1-7,11H,16H2. The van der Waals surface area contributed by atoms with Crippen molar-refractivity contribution < 1.29 is 18.1 Å². The van der Waals surface area contributed by atoms with Gasteiger partial charge in [-0.3, -0.25) is 10.1 Å². The summed E-state index contributed by atoms with van der Waals surface area (Å²) in [5, 5.41) is 10.9. The third-order valence-electron chi connectivity index (χ3n) is 2.80. The molecule has 0 fully saturated rings. The van der Waals surface area contributed by atoms with Crippen LogP contribution in [0.4, 0.5) is 24.5 Å². The van der Waals surface area contributed by atoms with Gasteiger partial charge in [0.05, 0.1) is 4.92 Å². The largest absolute Gasteiger partial charge is 0.414 e. The Labute approximate surface area is 111 Å². The van der Waals surface area contributed by atoms with E-state index in [1.165, 1.54) is 24.3 Å². The van der Waals surface area contributed by atoms with Crippen LogP contribution in [0.25, 0.3) is 0 Å². The molecule has 1 aromatic carbocycles. The van der Waals surface area contributed by atoms with E-state index in [1.807, 2.05) is 0 Å². The monoisotopic (exact) mass is 285 g/mol. The number of para-hydroxylation sites is 2. The highest BCUT2D eigenvalue weighted by atomic mass is 19.4. The molecule has 20 heavy (non-hydrogen) atoms. The molecule has 0 bridgehead atoms. The quantitative estimate of drug-likeness (QED) is 0.669. The number of hydrogen-bond donors (Lipinski definition) is 1. The lowest BCUT2D eigenvalue weighted by molar-refractivity contribution is -0.384. The highest BCUT2D eigenvalue weighted by Gasteiger charge is 2.47. The number of anilines is 1. The summed E-state index contributed by atoms with van der Waals surface area (Å²) >= 11 is 0. The van der Waals surface area contributed by atoms with Crippen molar-refractivity contribution in [2.75, 3.05) is 4.90 Å². The Morgan fingerprint density at radius 1 is 1.30 bits per heavy atom. The molecule has 0 amide bonds. The number of hydrogen-bond acceptors (Lipinski definition) is 4. The van der Waals surface area contributed by atoms with Crippen molar-refractivity contribution in [3.05, 3.63) is 58.4 Å². The smallest absolute Gasteiger partial charge is 0.400 e. The zero-order chi connectivity index (χ0) is 14.9. The first kappa shape index (κ1) is 13.9. The first-order valence-electron chi connectivity index (χ1n) is 5.54. The number of rotatable bonds is 2. The molecular weight excluding hydrogens is 275 g/mol. The first-order valence-corrected chi connectivity index (χ1v) is 5.54. The lowest BCUT2D eigenvalue weighted by Crippen LogP contribution is -2.47. The van der Waals surface area contributed by atoms with E-state index in [0.29, 0.717) is 0 Å². The van der Waals surface area contributed by atoms with Crippen molar-refractivity contribution in [3.8, 4) is 0 Å². The van der Waals surface area contributed by atoms with E-state index < -0.39 is 28.5 Å². The van der Waals surface area contributed by atoms with Crippen molar-refractivity contribution in [2.24, 2.45) is 5.73 Å². The summed E-state index contributed by atoms with van der Waals surface area (Å²) in [7, 11) is 0. The molecule has 2 N–H and O–H groups in total. The Morgan fingerprint density at radius 2 is 1.95 bits per heavy atom. The number of benzene rings is 1. The van der Waals surface area contributed by atoms with Gasteiger partial charge in [0, 0.05) is 18.0 Å². The van der Waals surface area contributed by atoms with Gasteiger partial charge in [0.2, 0.25) is 0 Å². The minimum Gasteiger partial charge on any atom is -0.400 e. The predicted octanol–water partition coefficient (Wildman–Crippen LogP) is 2.70. The topological polar surface area (TPSA) is 72.4 Å². The zero-order valence-electron chi connectivity index (χ0n) is 10.0. The van der Waals surface area contributed by atoms with E-state index in [9.17, 15) is 23.3 Å². The van der Waals surface area contributed by atoms with Crippen LogP contribution in [-0.2, 0) is 0 Å². The number of nitro groups is 1. The van der Waals surface area contributed by atoms with Crippen LogP contribution >= 0.6 is 0 Å². The van der Waals surface area contributed by atoms with Crippen molar-refractivity contribution in [2.45, 2.75) is 12.2 Å². The fraction of sp³-hybridized carbons (Fsp3) is 0.167. The summed E-state index contributed by atoms with van der Waals surface area (Å²) in [6.45, 7) is 0. The Morgan fingerprint density at radius 3 is 2.55 bits per heavy atom. The van der Waals surface area contributed by atoms with Gasteiger partial charge in [0.25, 0.3) is 5.69 Å². The van der Waals surface area contributed by atoms with Crippen LogP contribution < -0.4 is 10.6 Å². The summed E-state index contributed by atoms with van der Waals surface area (Å²) in [6.07, 6.45) is -1.08. The molecule has 0 saturated carbocycles. The van der Waals surface area contributed by atoms with E-state index in [1.54, 1.807) is 0 Å². The van der Waals surface area contributed by atoms with Gasteiger partial charge in [0.1, 0.15) is 5.69 Å². The average Bonchev–Trinajstić information content (AvgIpc) is 2.36. The fourth-order valence-electron chi connectivity index (χ4n) is 1.99. The summed E-state index contributed by atoms with van der Waals surface area (Å²) < 4.78 is 39.3. The molecule has 0 aliphatic carbocycles. The summed E-state index contributed by atoms with van der Waals surface area (Å²) in [4.78, 5) is 11.0. The summed E-state index contributed by atoms with van der Waals surface area (Å²) in [5.74, 6) is 0. The van der Waals surface area contributed by atoms with Gasteiger partial charge < -0.3 is 10.6 Å². The minimum absolute atomic E-state index is 0.160. The Balaban J connectivity index is 2.54. The van der Waals surface area contributed by atoms with Crippen LogP contribution in [0.5, 0.6) is 0 Å². The van der Waals surface area contributed by atoms with E-state index in [-0.39, 0.29) is 5.69 Å². The van der Waals surface area contributed by atoms with Crippen molar-refractivity contribution in [3.63, 3.8) is 0 Å². The van der Waals surface area contributed by atoms with Crippen molar-refractivity contribution in [1.29, 1.82) is 0 Å². The van der Waals surface area contributed by atoms with E-state index in [2.05, 4.69) is 0 Å². The normalized spacial score (nSPS) is 18.9. The van der Waals surface area contributed by atoms with Crippen LogP contribution in [0.3, 0.4) is 0 Å². The lowest BCUT2D eigenvalue weighted by atomic mass is 10.1. The molecule has 0 aromatic heterocycles. The third kappa shape index (κ3) is 2.44. The van der Waals surface area contributed by atoms with Gasteiger partial charge in [-0.05, 0) is 18.2 Å². The Hall–Kier alpha value is -2.51. The van der Waals surface area contributed by atoms with E-state index in [0.717, 1.165) is 23.2 Å². The number of nitro benzene ring substituents is 1. The average molecular weight is 285 g/mol. The van der Waals surface area contributed by atoms with Gasteiger partial charge in [-0.15, -0.1) is 0 Å². The van der Waals surface area contributed by atoms with Crippen molar-refractivity contribution >= 4 is 11.4 Å². The number of allylic oxidation sites excluding steroid dienone is 2. The molecule has 1 atom stereocenters. The highest BCUT2D eigenvalue weighted by Crippen LogP contribution is 2.37. The van der Waals surface area contributed by atoms with Gasteiger partial charge in [0.15, 0.2) is 6.04 Å². The Kier molecular flexibility index (Phi) is 3.39. The molecule has 8 heteroatoms. The molecule has 1 unspecified atom stereocenters. The van der Waals surface area contributed by atoms with Crippen LogP contribution in [0, 0.1) is 10.1 Å². The maximum absolute atomic E-state index is 13.1. The predicted molar refractivity (Wildman–Crippen MR) is 66.8 cm³/mol. The highest BCUT2D eigenvalue weighted by molar-refractivity contribution is 5.67. The summed E-state index contributed by atoms with van der Waals surface area (Å²) in [5.41, 5.74) is 4.40. The molecule has 106 valence electrons. The van der Waals surface area contributed by atoms with Crippen LogP contribution in [0.15, 0.2) is 48.3 Å². The maximum atomic E-state index is 13.1. The number of halogens is 3. The van der Waals surface area contributed by atoms with Crippen molar-refractivity contribution in [1.82, 2.24) is 0 Å². The summed E-state index contributed by atoms with van der Waals surface area (Å²) in [6, 6.07) is 3.09. The van der Waals surface area contributed by atoms with Gasteiger partial charge in [-0.2, -0.15) is 13.2 Å². The number of nitrogens with zero attached hydrogens (tertiary/aromatic N) is 2. The molecule has 0 saturated heterocycles. The lowest BCUT2D eigenvalue weighted by Gasteiger charge is -2.33. The van der Waals surface area contributed by atoms with Crippen LogP contribution in [0.2, 0.25) is 0 Å². The maximum Gasteiger partial charge on any atom is 0.414 e. The van der Waals surface area contributed by atoms with E-state index in [4.69, 9.17) is 5.73 Å². The molecule has 1 aliphatic rings. The first-order chi connectivity index (χ1) is 9.32. The zero-order valence-corrected chi connectivity index (χ0v) is 10.0. The number of nitrogens with two attached hydrogens (primary N) is 1. The molecule has 0 spiro atoms. The molecule has 1 heterocycles. The fourth-order valence-corrected chi connectivity index (χ4v) is 1.99. The third-order valence-corrected chi connectivity index (χ3v) is 2.80. The van der Waals surface area contributed by atoms with Crippen LogP contribution in [-0.4, -0.2) is 17.1 Å². The molecular formula is C12H10F3N3O2. The van der Waals surface area contributed by atoms with Gasteiger partial charge in [-0.25, -0.2) is 0 Å². The molecule has 2 rings (SSSR count). The van der Waals surface area contributed by atoms with Crippen LogP contribution in [0.1, 0.15) is 0 Å². The second kappa shape index (κ2) is 4.87. The Bertz CT molecular complexity index is 596. The van der Waals surface area contributed by atoms with E-state index >= 15 is 0 Å². The molecule has 5 nitrogen and oxygen atoms in total. The second-order valence-corrected chi connectivity index (χ2v) is 4.11. The number of alkyl halides is 3. The molecule has 1 aliphatic heterocycles. The second-order valence-electron chi connectivity index (χ2n) is 4.11. The minimum atomic E-state index is -4.64. The molecule has 1 aromatic rings.